The Morgan fingerprint density at radius 3 is 1.93 bits per heavy atom. The van der Waals surface area contributed by atoms with Gasteiger partial charge in [-0.1, -0.05) is 81.8 Å². The highest BCUT2D eigenvalue weighted by atomic mass is 32.2. The standard InChI is InChI=1S/C19H30NS.CHF3O3S/c1-2-3-4-5-6-7-8-9-10-13-16-20-17-21-19-15-12-11-14-18(19)20;2-1(3,4)8(5,6)7/h11-12,14-15,17H,2-10,13,16H2,1H3;(H,5,6,7)/q+1;/p-1. The second-order valence-corrected chi connectivity index (χ2v) is 9.22. The summed E-state index contributed by atoms with van der Waals surface area (Å²) in [6, 6.07) is 8.73. The van der Waals surface area contributed by atoms with E-state index in [4.69, 9.17) is 13.0 Å². The number of thiazole rings is 1. The Morgan fingerprint density at radius 2 is 1.41 bits per heavy atom. The molecule has 0 unspecified atom stereocenters. The molecule has 0 atom stereocenters. The molecule has 0 bridgehead atoms. The average Bonchev–Trinajstić information content (AvgIpc) is 3.05. The first kappa shape index (κ1) is 25.8. The summed E-state index contributed by atoms with van der Waals surface area (Å²) in [4.78, 5) is 0. The van der Waals surface area contributed by atoms with E-state index in [0.29, 0.717) is 0 Å². The molecular formula is C20H30F3NO3S2. The van der Waals surface area contributed by atoms with Crippen molar-refractivity contribution in [3.05, 3.63) is 29.8 Å². The molecule has 0 spiro atoms. The van der Waals surface area contributed by atoms with Gasteiger partial charge >= 0.3 is 5.51 Å². The fourth-order valence-corrected chi connectivity index (χ4v) is 3.84. The summed E-state index contributed by atoms with van der Waals surface area (Å²) in [5.74, 6) is 0. The largest absolute Gasteiger partial charge is 0.741 e. The zero-order valence-corrected chi connectivity index (χ0v) is 18.4. The molecule has 0 radical (unpaired) electrons. The smallest absolute Gasteiger partial charge is 0.485 e. The SMILES string of the molecule is CCCCCCCCCCCC[n+]1csc2ccccc21.O=S(=O)([O-])C(F)(F)F. The lowest BCUT2D eigenvalue weighted by atomic mass is 10.1. The van der Waals surface area contributed by atoms with Crippen LogP contribution in [0.4, 0.5) is 13.2 Å². The molecule has 0 saturated heterocycles. The summed E-state index contributed by atoms with van der Waals surface area (Å²) in [5, 5.41) is 0. The molecule has 9 heteroatoms. The van der Waals surface area contributed by atoms with Crippen molar-refractivity contribution in [3.8, 4) is 0 Å². The van der Waals surface area contributed by atoms with Crippen molar-refractivity contribution in [2.75, 3.05) is 0 Å². The average molecular weight is 454 g/mol. The molecule has 1 aromatic heterocycles. The molecule has 4 nitrogen and oxygen atoms in total. The van der Waals surface area contributed by atoms with E-state index in [2.05, 4.69) is 41.3 Å². The number of fused-ring (bicyclic) bond motifs is 1. The number of rotatable bonds is 11. The third-order valence-electron chi connectivity index (χ3n) is 4.52. The van der Waals surface area contributed by atoms with Gasteiger partial charge in [0.25, 0.3) is 0 Å². The van der Waals surface area contributed by atoms with Gasteiger partial charge < -0.3 is 4.55 Å². The van der Waals surface area contributed by atoms with Crippen LogP contribution in [-0.2, 0) is 16.7 Å². The van der Waals surface area contributed by atoms with Crippen LogP contribution in [0.5, 0.6) is 0 Å². The van der Waals surface area contributed by atoms with Crippen LogP contribution >= 0.6 is 11.3 Å². The minimum atomic E-state index is -6.09. The Labute approximate surface area is 175 Å². The van der Waals surface area contributed by atoms with Crippen molar-refractivity contribution in [1.29, 1.82) is 0 Å². The van der Waals surface area contributed by atoms with Crippen LogP contribution in [0.1, 0.15) is 71.1 Å². The fraction of sp³-hybridized carbons (Fsp3) is 0.650. The van der Waals surface area contributed by atoms with Crippen molar-refractivity contribution in [1.82, 2.24) is 0 Å². The molecule has 0 amide bonds. The number of nitrogens with zero attached hydrogens (tertiary/aromatic N) is 1. The molecule has 2 aromatic rings. The molecule has 0 N–H and O–H groups in total. The second-order valence-electron chi connectivity index (χ2n) is 6.97. The first-order chi connectivity index (χ1) is 13.7. The van der Waals surface area contributed by atoms with Crippen LogP contribution in [0.2, 0.25) is 0 Å². The van der Waals surface area contributed by atoms with E-state index in [-0.39, 0.29) is 0 Å². The molecule has 0 aliphatic rings. The quantitative estimate of drug-likeness (QED) is 0.177. The van der Waals surface area contributed by atoms with Crippen molar-refractivity contribution in [3.63, 3.8) is 0 Å². The summed E-state index contributed by atoms with van der Waals surface area (Å²) in [6.45, 7) is 3.47. The second kappa shape index (κ2) is 13.2. The monoisotopic (exact) mass is 453 g/mol. The maximum Gasteiger partial charge on any atom is 0.485 e. The van der Waals surface area contributed by atoms with E-state index in [9.17, 15) is 13.2 Å². The Hall–Kier alpha value is -1.19. The fourth-order valence-electron chi connectivity index (χ4n) is 2.91. The van der Waals surface area contributed by atoms with E-state index in [1.165, 1.54) is 81.0 Å². The molecular weight excluding hydrogens is 423 g/mol. The van der Waals surface area contributed by atoms with Gasteiger partial charge in [0.15, 0.2) is 10.1 Å². The Balaban J connectivity index is 0.000000447. The van der Waals surface area contributed by atoms with E-state index in [0.717, 1.165) is 0 Å². The van der Waals surface area contributed by atoms with E-state index >= 15 is 0 Å². The Kier molecular flexibility index (Phi) is 11.7. The number of hydrogen-bond acceptors (Lipinski definition) is 4. The van der Waals surface area contributed by atoms with Gasteiger partial charge in [0.2, 0.25) is 11.0 Å². The van der Waals surface area contributed by atoms with Crippen molar-refractivity contribution < 1.29 is 30.7 Å². The Morgan fingerprint density at radius 1 is 0.931 bits per heavy atom. The number of aryl methyl sites for hydroxylation is 1. The molecule has 0 saturated carbocycles. The Bertz CT molecular complexity index is 805. The normalized spacial score (nSPS) is 12.0. The molecule has 2 rings (SSSR count). The number of para-hydroxylation sites is 1. The molecule has 0 fully saturated rings. The minimum Gasteiger partial charge on any atom is -0.741 e. The molecule has 166 valence electrons. The van der Waals surface area contributed by atoms with Crippen LogP contribution in [-0.4, -0.2) is 18.5 Å². The summed E-state index contributed by atoms with van der Waals surface area (Å²) in [7, 11) is -6.09. The number of hydrogen-bond donors (Lipinski definition) is 0. The van der Waals surface area contributed by atoms with E-state index in [1.54, 1.807) is 0 Å². The van der Waals surface area contributed by atoms with E-state index < -0.39 is 15.6 Å². The van der Waals surface area contributed by atoms with Crippen molar-refractivity contribution in [2.45, 2.75) is 83.2 Å². The third kappa shape index (κ3) is 10.4. The lowest BCUT2D eigenvalue weighted by Gasteiger charge is -2.08. The number of aromatic nitrogens is 1. The summed E-state index contributed by atoms with van der Waals surface area (Å²) < 4.78 is 62.7. The summed E-state index contributed by atoms with van der Waals surface area (Å²) in [6.07, 6.45) is 14.1. The van der Waals surface area contributed by atoms with Crippen LogP contribution in [0.15, 0.2) is 29.8 Å². The number of halogens is 3. The van der Waals surface area contributed by atoms with Crippen molar-refractivity contribution >= 4 is 31.7 Å². The maximum atomic E-state index is 10.7. The predicted octanol–water partition coefficient (Wildman–Crippen LogP) is 6.16. The van der Waals surface area contributed by atoms with Gasteiger partial charge in [-0.2, -0.15) is 17.7 Å². The first-order valence-electron chi connectivity index (χ1n) is 10.0. The lowest BCUT2D eigenvalue weighted by molar-refractivity contribution is -0.667. The molecule has 1 aromatic carbocycles. The van der Waals surface area contributed by atoms with Gasteiger partial charge in [-0.25, -0.2) is 8.42 Å². The summed E-state index contributed by atoms with van der Waals surface area (Å²) in [5.41, 5.74) is -1.97. The van der Waals surface area contributed by atoms with Gasteiger partial charge in [-0.15, -0.1) is 0 Å². The lowest BCUT2D eigenvalue weighted by Crippen LogP contribution is -2.31. The van der Waals surface area contributed by atoms with E-state index in [1.807, 2.05) is 11.3 Å². The van der Waals surface area contributed by atoms with Gasteiger partial charge in [0, 0.05) is 12.5 Å². The molecule has 1 heterocycles. The predicted molar refractivity (Wildman–Crippen MR) is 110 cm³/mol. The molecule has 0 aliphatic heterocycles. The third-order valence-corrected chi connectivity index (χ3v) is 6.04. The highest BCUT2D eigenvalue weighted by Gasteiger charge is 2.36. The maximum absolute atomic E-state index is 10.7. The van der Waals surface area contributed by atoms with Crippen LogP contribution in [0.25, 0.3) is 10.2 Å². The minimum absolute atomic E-state index is 1.18. The van der Waals surface area contributed by atoms with Gasteiger partial charge in [-0.05, 0) is 12.5 Å². The zero-order valence-electron chi connectivity index (χ0n) is 16.8. The molecule has 0 aliphatic carbocycles. The number of benzene rings is 1. The van der Waals surface area contributed by atoms with Gasteiger partial charge in [-0.3, -0.25) is 0 Å². The van der Waals surface area contributed by atoms with Crippen molar-refractivity contribution in [2.24, 2.45) is 0 Å². The van der Waals surface area contributed by atoms with Gasteiger partial charge in [0.05, 0.1) is 0 Å². The highest BCUT2D eigenvalue weighted by Crippen LogP contribution is 2.20. The topological polar surface area (TPSA) is 61.1 Å². The summed E-state index contributed by atoms with van der Waals surface area (Å²) >= 11 is 1.86. The zero-order chi connectivity index (χ0) is 21.8. The molecule has 29 heavy (non-hydrogen) atoms. The van der Waals surface area contributed by atoms with Gasteiger partial charge in [0.1, 0.15) is 11.2 Å². The first-order valence-corrected chi connectivity index (χ1v) is 12.3. The van der Waals surface area contributed by atoms with Crippen LogP contribution in [0, 0.1) is 0 Å². The number of unbranched alkanes of at least 4 members (excludes halogenated alkanes) is 9. The highest BCUT2D eigenvalue weighted by molar-refractivity contribution is 7.86. The van der Waals surface area contributed by atoms with Crippen LogP contribution in [0.3, 0.4) is 0 Å². The number of alkyl halides is 3. The van der Waals surface area contributed by atoms with Crippen LogP contribution < -0.4 is 4.57 Å².